The smallest absolute Gasteiger partial charge is 0.407 e. The number of rotatable bonds is 5. The molecule has 3 heterocycles. The van der Waals surface area contributed by atoms with Crippen LogP contribution in [0.15, 0.2) is 30.3 Å². The van der Waals surface area contributed by atoms with Gasteiger partial charge in [0.05, 0.1) is 6.04 Å². The van der Waals surface area contributed by atoms with Crippen molar-refractivity contribution in [2.45, 2.75) is 77.2 Å². The molecule has 2 N–H and O–H groups in total. The Labute approximate surface area is 194 Å². The van der Waals surface area contributed by atoms with Crippen LogP contribution in [0.4, 0.5) is 9.59 Å². The largest absolute Gasteiger partial charge is 0.465 e. The highest BCUT2D eigenvalue weighted by Crippen LogP contribution is 2.33. The van der Waals surface area contributed by atoms with Crippen molar-refractivity contribution in [2.24, 2.45) is 5.41 Å². The third-order valence-corrected chi connectivity index (χ3v) is 7.03. The Morgan fingerprint density at radius 3 is 2.55 bits per heavy atom. The Bertz CT molecular complexity index is 887. The number of hydroxylamine groups is 2. The first-order valence-electron chi connectivity index (χ1n) is 11.7. The summed E-state index contributed by atoms with van der Waals surface area (Å²) in [7, 11) is 0. The zero-order chi connectivity index (χ0) is 23.8. The van der Waals surface area contributed by atoms with Gasteiger partial charge in [-0.3, -0.25) is 9.63 Å². The summed E-state index contributed by atoms with van der Waals surface area (Å²) in [5, 5.41) is 14.1. The van der Waals surface area contributed by atoms with Crippen LogP contribution in [-0.4, -0.2) is 75.3 Å². The lowest BCUT2D eigenvalue weighted by Crippen LogP contribution is -2.58. The lowest BCUT2D eigenvalue weighted by molar-refractivity contribution is -0.140. The minimum Gasteiger partial charge on any atom is -0.465 e. The van der Waals surface area contributed by atoms with E-state index in [1.165, 1.54) is 9.96 Å². The quantitative estimate of drug-likeness (QED) is 0.706. The lowest BCUT2D eigenvalue weighted by atomic mass is 9.79. The van der Waals surface area contributed by atoms with Crippen LogP contribution in [0, 0.1) is 5.41 Å². The molecule has 0 radical (unpaired) electrons. The van der Waals surface area contributed by atoms with Crippen molar-refractivity contribution >= 4 is 18.0 Å². The molecule has 180 valence electrons. The maximum absolute atomic E-state index is 13.2. The number of benzene rings is 1. The van der Waals surface area contributed by atoms with Crippen molar-refractivity contribution in [1.82, 2.24) is 20.2 Å². The van der Waals surface area contributed by atoms with Crippen molar-refractivity contribution in [1.29, 1.82) is 0 Å². The third-order valence-electron chi connectivity index (χ3n) is 7.03. The number of piperidine rings is 2. The summed E-state index contributed by atoms with van der Waals surface area (Å²) in [4.78, 5) is 46.7. The minimum absolute atomic E-state index is 0.0469. The monoisotopic (exact) mass is 458 g/mol. The summed E-state index contributed by atoms with van der Waals surface area (Å²) in [5.41, 5.74) is 0.749. The van der Waals surface area contributed by atoms with E-state index in [2.05, 4.69) is 5.32 Å². The summed E-state index contributed by atoms with van der Waals surface area (Å²) in [5.74, 6) is -0.159. The van der Waals surface area contributed by atoms with Gasteiger partial charge < -0.3 is 20.2 Å². The topological polar surface area (TPSA) is 102 Å². The summed E-state index contributed by atoms with van der Waals surface area (Å²) in [6.45, 7) is 7.24. The average molecular weight is 459 g/mol. The van der Waals surface area contributed by atoms with Crippen LogP contribution in [0.25, 0.3) is 0 Å². The molecule has 9 heteroatoms. The van der Waals surface area contributed by atoms with Crippen LogP contribution >= 0.6 is 0 Å². The second-order valence-corrected chi connectivity index (χ2v) is 10.4. The molecule has 3 aliphatic heterocycles. The van der Waals surface area contributed by atoms with E-state index in [4.69, 9.17) is 4.84 Å². The number of nitrogens with zero attached hydrogens (tertiary/aromatic N) is 3. The molecule has 9 nitrogen and oxygen atoms in total. The van der Waals surface area contributed by atoms with Gasteiger partial charge >= 0.3 is 12.1 Å². The Hall–Kier alpha value is -2.81. The number of carbonyl (C=O) groups excluding carboxylic acids is 2. The Morgan fingerprint density at radius 2 is 1.88 bits per heavy atom. The first-order valence-corrected chi connectivity index (χ1v) is 11.7. The van der Waals surface area contributed by atoms with E-state index in [1.54, 1.807) is 4.90 Å². The molecule has 4 atom stereocenters. The first-order chi connectivity index (χ1) is 15.6. The Balaban J connectivity index is 1.36. The van der Waals surface area contributed by atoms with Gasteiger partial charge in [0.2, 0.25) is 5.91 Å². The normalized spacial score (nSPS) is 27.6. The van der Waals surface area contributed by atoms with Gasteiger partial charge in [-0.25, -0.2) is 9.59 Å². The van der Waals surface area contributed by atoms with E-state index >= 15 is 0 Å². The maximum atomic E-state index is 13.2. The van der Waals surface area contributed by atoms with Gasteiger partial charge in [0, 0.05) is 25.2 Å². The number of fused-ring (bicyclic) bond motifs is 2. The molecule has 1 aromatic rings. The number of carbonyl (C=O) groups is 3. The summed E-state index contributed by atoms with van der Waals surface area (Å²) >= 11 is 0. The fraction of sp³-hybridized carbons (Fsp3) is 0.625. The van der Waals surface area contributed by atoms with Crippen LogP contribution in [-0.2, 0) is 16.2 Å². The number of amides is 4. The van der Waals surface area contributed by atoms with E-state index in [0.29, 0.717) is 45.4 Å². The molecule has 1 aromatic carbocycles. The van der Waals surface area contributed by atoms with Gasteiger partial charge in [-0.15, -0.1) is 0 Å². The molecule has 3 saturated heterocycles. The second kappa shape index (κ2) is 9.21. The van der Waals surface area contributed by atoms with Gasteiger partial charge in [0.25, 0.3) is 0 Å². The minimum atomic E-state index is -0.920. The average Bonchev–Trinajstić information content (AvgIpc) is 3.01. The Morgan fingerprint density at radius 1 is 1.15 bits per heavy atom. The zero-order valence-corrected chi connectivity index (χ0v) is 19.6. The molecule has 33 heavy (non-hydrogen) atoms. The van der Waals surface area contributed by atoms with Crippen LogP contribution in [0.1, 0.15) is 52.0 Å². The van der Waals surface area contributed by atoms with Crippen molar-refractivity contribution in [3.63, 3.8) is 0 Å². The predicted octanol–water partition coefficient (Wildman–Crippen LogP) is 3.06. The molecule has 0 saturated carbocycles. The van der Waals surface area contributed by atoms with Crippen LogP contribution in [0.2, 0.25) is 0 Å². The van der Waals surface area contributed by atoms with Gasteiger partial charge in [0.15, 0.2) is 0 Å². The number of hydrogen-bond acceptors (Lipinski definition) is 4. The number of hydrogen-bond donors (Lipinski definition) is 2. The highest BCUT2D eigenvalue weighted by molar-refractivity contribution is 5.88. The molecule has 2 bridgehead atoms. The standard InChI is InChI=1S/C24H34N4O5/c1-24(2,3)20-13-17(11-12-26(20)23(31)32)25-21(29)19-10-9-18-14-27(19)22(30)28(18)33-15-16-7-5-4-6-8-16/h4-8,17-20H,9-15H2,1-3H3,(H,25,29)(H,31,32)/t17?,18-,19+,20?/m1/s1. The van der Waals surface area contributed by atoms with Crippen molar-refractivity contribution < 1.29 is 24.3 Å². The molecule has 3 aliphatic rings. The van der Waals surface area contributed by atoms with Crippen molar-refractivity contribution in [3.05, 3.63) is 35.9 Å². The first kappa shape index (κ1) is 23.4. The lowest BCUT2D eigenvalue weighted by Gasteiger charge is -2.45. The van der Waals surface area contributed by atoms with E-state index < -0.39 is 12.1 Å². The Kier molecular flexibility index (Phi) is 6.52. The van der Waals surface area contributed by atoms with Crippen LogP contribution < -0.4 is 5.32 Å². The van der Waals surface area contributed by atoms with Gasteiger partial charge in [0.1, 0.15) is 12.6 Å². The fourth-order valence-electron chi connectivity index (χ4n) is 5.23. The van der Waals surface area contributed by atoms with Crippen LogP contribution in [0.3, 0.4) is 0 Å². The van der Waals surface area contributed by atoms with E-state index in [-0.39, 0.29) is 35.5 Å². The van der Waals surface area contributed by atoms with Gasteiger partial charge in [-0.1, -0.05) is 51.1 Å². The molecule has 4 rings (SSSR count). The van der Waals surface area contributed by atoms with E-state index in [0.717, 1.165) is 5.56 Å². The number of carboxylic acid groups (broad SMARTS) is 1. The number of nitrogens with one attached hydrogen (secondary N) is 1. The molecular weight excluding hydrogens is 424 g/mol. The molecule has 0 aromatic heterocycles. The van der Waals surface area contributed by atoms with E-state index in [9.17, 15) is 19.5 Å². The van der Waals surface area contributed by atoms with Crippen molar-refractivity contribution in [3.8, 4) is 0 Å². The summed E-state index contributed by atoms with van der Waals surface area (Å²) < 4.78 is 0. The zero-order valence-electron chi connectivity index (χ0n) is 19.6. The SMILES string of the molecule is CC(C)(C)C1CC(NC(=O)[C@@H]2CC[C@@H]3CN2C(=O)N3OCc2ccccc2)CCN1C(=O)O. The fourth-order valence-corrected chi connectivity index (χ4v) is 5.23. The number of likely N-dealkylation sites (tertiary alicyclic amines) is 1. The van der Waals surface area contributed by atoms with E-state index in [1.807, 2.05) is 51.1 Å². The third kappa shape index (κ3) is 4.93. The second-order valence-electron chi connectivity index (χ2n) is 10.4. The molecule has 3 fully saturated rings. The van der Waals surface area contributed by atoms with Crippen LogP contribution in [0.5, 0.6) is 0 Å². The van der Waals surface area contributed by atoms with Crippen molar-refractivity contribution in [2.75, 3.05) is 13.1 Å². The molecule has 4 amide bonds. The van der Waals surface area contributed by atoms with Gasteiger partial charge in [-0.2, -0.15) is 5.06 Å². The predicted molar refractivity (Wildman–Crippen MR) is 121 cm³/mol. The molecule has 0 spiro atoms. The highest BCUT2D eigenvalue weighted by Gasteiger charge is 2.48. The summed E-state index contributed by atoms with van der Waals surface area (Å²) in [6, 6.07) is 8.56. The molecular formula is C24H34N4O5. The van der Waals surface area contributed by atoms with Gasteiger partial charge in [-0.05, 0) is 36.7 Å². The maximum Gasteiger partial charge on any atom is 0.407 e. The number of urea groups is 1. The summed E-state index contributed by atoms with van der Waals surface area (Å²) in [6.07, 6.45) is 1.51. The highest BCUT2D eigenvalue weighted by atomic mass is 16.7. The molecule has 0 aliphatic carbocycles. The molecule has 2 unspecified atom stereocenters.